The molecule has 0 atom stereocenters. The lowest BCUT2D eigenvalue weighted by Gasteiger charge is -2.19. The van der Waals surface area contributed by atoms with E-state index in [-0.39, 0.29) is 12.5 Å². The van der Waals surface area contributed by atoms with Crippen LogP contribution in [0.3, 0.4) is 0 Å². The van der Waals surface area contributed by atoms with Crippen molar-refractivity contribution in [2.75, 3.05) is 20.2 Å². The number of ether oxygens (including phenoxy) is 2. The van der Waals surface area contributed by atoms with E-state index in [4.69, 9.17) is 19.4 Å². The van der Waals surface area contributed by atoms with Crippen molar-refractivity contribution in [2.24, 2.45) is 0 Å². The molecule has 2 aromatic carbocycles. The van der Waals surface area contributed by atoms with Gasteiger partial charge < -0.3 is 19.7 Å². The SMILES string of the molecule is CCn1ncc(CN(C)C(=O)c2nc(-c3ccc(OCCNC(=O)OC(C)(C)C)c(C)c3)nc3ccc(C)cc23)c1C. The molecule has 0 spiro atoms. The van der Waals surface area contributed by atoms with Crippen LogP contribution < -0.4 is 10.1 Å². The normalized spacial score (nSPS) is 11.4. The van der Waals surface area contributed by atoms with Gasteiger partial charge in [0.25, 0.3) is 5.91 Å². The molecule has 0 aliphatic carbocycles. The summed E-state index contributed by atoms with van der Waals surface area (Å²) in [5, 5.41) is 7.81. The second-order valence-electron chi connectivity index (χ2n) is 11.4. The Morgan fingerprint density at radius 1 is 1.05 bits per heavy atom. The Labute approximate surface area is 247 Å². The fourth-order valence-corrected chi connectivity index (χ4v) is 4.58. The molecule has 0 aliphatic heterocycles. The first-order valence-corrected chi connectivity index (χ1v) is 14.1. The lowest BCUT2D eigenvalue weighted by Crippen LogP contribution is -2.34. The number of nitrogens with zero attached hydrogens (tertiary/aromatic N) is 5. The number of rotatable bonds is 9. The minimum absolute atomic E-state index is 0.188. The predicted octanol–water partition coefficient (Wildman–Crippen LogP) is 5.61. The molecule has 0 saturated carbocycles. The van der Waals surface area contributed by atoms with Crippen molar-refractivity contribution in [3.63, 3.8) is 0 Å². The zero-order valence-electron chi connectivity index (χ0n) is 25.7. The Balaban J connectivity index is 1.55. The van der Waals surface area contributed by atoms with E-state index in [2.05, 4.69) is 10.4 Å². The Morgan fingerprint density at radius 2 is 1.81 bits per heavy atom. The summed E-state index contributed by atoms with van der Waals surface area (Å²) >= 11 is 0. The van der Waals surface area contributed by atoms with E-state index in [0.29, 0.717) is 41.3 Å². The molecular formula is C32H40N6O4. The van der Waals surface area contributed by atoms with Gasteiger partial charge in [0.05, 0.1) is 18.3 Å². The lowest BCUT2D eigenvalue weighted by molar-refractivity contribution is 0.0520. The van der Waals surface area contributed by atoms with Crippen LogP contribution in [0.2, 0.25) is 0 Å². The molecule has 4 aromatic rings. The highest BCUT2D eigenvalue weighted by atomic mass is 16.6. The number of amides is 2. The minimum Gasteiger partial charge on any atom is -0.491 e. The highest BCUT2D eigenvalue weighted by Crippen LogP contribution is 2.28. The number of hydrogen-bond donors (Lipinski definition) is 1. The Hall–Kier alpha value is -4.47. The van der Waals surface area contributed by atoms with Crippen LogP contribution in [0.25, 0.3) is 22.3 Å². The van der Waals surface area contributed by atoms with Crippen molar-refractivity contribution in [2.45, 2.75) is 67.2 Å². The maximum absolute atomic E-state index is 13.8. The summed E-state index contributed by atoms with van der Waals surface area (Å²) in [6.07, 6.45) is 1.33. The Kier molecular flexibility index (Phi) is 9.14. The van der Waals surface area contributed by atoms with Crippen LogP contribution in [0, 0.1) is 20.8 Å². The van der Waals surface area contributed by atoms with Gasteiger partial charge >= 0.3 is 6.09 Å². The molecule has 42 heavy (non-hydrogen) atoms. The topological polar surface area (TPSA) is 111 Å². The number of hydrogen-bond acceptors (Lipinski definition) is 7. The van der Waals surface area contributed by atoms with E-state index < -0.39 is 11.7 Å². The predicted molar refractivity (Wildman–Crippen MR) is 163 cm³/mol. The van der Waals surface area contributed by atoms with Crippen molar-refractivity contribution in [3.05, 3.63) is 70.7 Å². The maximum atomic E-state index is 13.8. The first-order chi connectivity index (χ1) is 19.9. The smallest absolute Gasteiger partial charge is 0.407 e. The Bertz CT molecular complexity index is 1600. The van der Waals surface area contributed by atoms with Crippen molar-refractivity contribution in [1.82, 2.24) is 30.0 Å². The van der Waals surface area contributed by atoms with E-state index in [0.717, 1.165) is 34.5 Å². The summed E-state index contributed by atoms with van der Waals surface area (Å²) in [5.41, 5.74) is 5.20. The molecule has 10 heteroatoms. The van der Waals surface area contributed by atoms with Gasteiger partial charge in [-0.25, -0.2) is 14.8 Å². The average Bonchev–Trinajstić information content (AvgIpc) is 3.28. The number of aromatic nitrogens is 4. The molecule has 10 nitrogen and oxygen atoms in total. The third kappa shape index (κ3) is 7.23. The Morgan fingerprint density at radius 3 is 2.48 bits per heavy atom. The number of fused-ring (bicyclic) bond motifs is 1. The molecule has 222 valence electrons. The fourth-order valence-electron chi connectivity index (χ4n) is 4.58. The summed E-state index contributed by atoms with van der Waals surface area (Å²) < 4.78 is 13.0. The van der Waals surface area contributed by atoms with Crippen LogP contribution in [0.4, 0.5) is 4.79 Å². The van der Waals surface area contributed by atoms with Gasteiger partial charge in [0, 0.05) is 42.3 Å². The van der Waals surface area contributed by atoms with Gasteiger partial charge in [-0.3, -0.25) is 9.48 Å². The van der Waals surface area contributed by atoms with Gasteiger partial charge in [0.1, 0.15) is 23.7 Å². The molecule has 4 rings (SSSR count). The van der Waals surface area contributed by atoms with Gasteiger partial charge in [-0.2, -0.15) is 5.10 Å². The minimum atomic E-state index is -0.557. The molecule has 0 fully saturated rings. The second-order valence-corrected chi connectivity index (χ2v) is 11.4. The monoisotopic (exact) mass is 572 g/mol. The summed E-state index contributed by atoms with van der Waals surface area (Å²) in [6, 6.07) is 11.5. The molecule has 2 aromatic heterocycles. The van der Waals surface area contributed by atoms with Crippen LogP contribution in [0.1, 0.15) is 60.6 Å². The number of carbonyl (C=O) groups is 2. The highest BCUT2D eigenvalue weighted by Gasteiger charge is 2.21. The van der Waals surface area contributed by atoms with Crippen molar-refractivity contribution >= 4 is 22.9 Å². The molecule has 1 N–H and O–H groups in total. The zero-order chi connectivity index (χ0) is 30.6. The molecule has 2 heterocycles. The third-order valence-corrected chi connectivity index (χ3v) is 6.77. The van der Waals surface area contributed by atoms with Crippen LogP contribution in [0.15, 0.2) is 42.6 Å². The van der Waals surface area contributed by atoms with E-state index in [1.165, 1.54) is 0 Å². The maximum Gasteiger partial charge on any atom is 0.407 e. The van der Waals surface area contributed by atoms with Crippen molar-refractivity contribution < 1.29 is 19.1 Å². The van der Waals surface area contributed by atoms with Crippen molar-refractivity contribution in [1.29, 1.82) is 0 Å². The van der Waals surface area contributed by atoms with Gasteiger partial charge in [-0.1, -0.05) is 11.6 Å². The molecular weight excluding hydrogens is 532 g/mol. The van der Waals surface area contributed by atoms with E-state index >= 15 is 0 Å². The summed E-state index contributed by atoms with van der Waals surface area (Å²) in [6.45, 7) is 15.2. The van der Waals surface area contributed by atoms with Crippen LogP contribution >= 0.6 is 0 Å². The van der Waals surface area contributed by atoms with Crippen molar-refractivity contribution in [3.8, 4) is 17.1 Å². The first kappa shape index (κ1) is 30.5. The highest BCUT2D eigenvalue weighted by molar-refractivity contribution is 6.05. The standard InChI is InChI=1S/C32H40N6O4/c1-9-38-22(4)24(18-34-38)19-37(8)30(39)28-25-16-20(2)10-12-26(25)35-29(36-28)23-11-13-27(21(3)17-23)41-15-14-33-31(40)42-32(5,6)7/h10-13,16-18H,9,14-15,19H2,1-8H3,(H,33,40). The fraction of sp³-hybridized carbons (Fsp3) is 0.406. The van der Waals surface area contributed by atoms with Crippen LogP contribution in [-0.2, 0) is 17.8 Å². The summed E-state index contributed by atoms with van der Waals surface area (Å²) in [4.78, 5) is 36.9. The van der Waals surface area contributed by atoms with Gasteiger partial charge in [-0.05, 0) is 84.4 Å². The summed E-state index contributed by atoms with van der Waals surface area (Å²) in [7, 11) is 1.78. The van der Waals surface area contributed by atoms with E-state index in [1.807, 2.05) is 95.7 Å². The number of carbonyl (C=O) groups excluding carboxylic acids is 2. The average molecular weight is 573 g/mol. The number of aryl methyl sites for hydroxylation is 3. The van der Waals surface area contributed by atoms with Crippen LogP contribution in [-0.4, -0.2) is 62.4 Å². The lowest BCUT2D eigenvalue weighted by atomic mass is 10.1. The molecule has 0 saturated heterocycles. The van der Waals surface area contributed by atoms with Gasteiger partial charge in [0.15, 0.2) is 5.82 Å². The molecule has 0 aliphatic rings. The van der Waals surface area contributed by atoms with Crippen LogP contribution in [0.5, 0.6) is 5.75 Å². The largest absolute Gasteiger partial charge is 0.491 e. The van der Waals surface area contributed by atoms with E-state index in [1.54, 1.807) is 11.9 Å². The van der Waals surface area contributed by atoms with Gasteiger partial charge in [0.2, 0.25) is 0 Å². The third-order valence-electron chi connectivity index (χ3n) is 6.77. The molecule has 0 unspecified atom stereocenters. The first-order valence-electron chi connectivity index (χ1n) is 14.1. The number of benzene rings is 2. The quantitative estimate of drug-likeness (QED) is 0.259. The van der Waals surface area contributed by atoms with Gasteiger partial charge in [-0.15, -0.1) is 0 Å². The summed E-state index contributed by atoms with van der Waals surface area (Å²) in [5.74, 6) is 0.951. The molecule has 0 radical (unpaired) electrons. The zero-order valence-corrected chi connectivity index (χ0v) is 25.7. The molecule has 2 amide bonds. The van der Waals surface area contributed by atoms with E-state index in [9.17, 15) is 9.59 Å². The second kappa shape index (κ2) is 12.6. The number of alkyl carbamates (subject to hydrolysis) is 1. The number of nitrogens with one attached hydrogen (secondary N) is 1. The molecule has 0 bridgehead atoms.